The second-order valence-electron chi connectivity index (χ2n) is 1.97. The van der Waals surface area contributed by atoms with Crippen molar-refractivity contribution in [3.8, 4) is 0 Å². The largest absolute Gasteiger partial charge is 0.262 e. The minimum Gasteiger partial charge on any atom is -0.262 e. The predicted molar refractivity (Wildman–Crippen MR) is 45.6 cm³/mol. The van der Waals surface area contributed by atoms with Crippen LogP contribution in [0, 0.1) is 0 Å². The fourth-order valence-electron chi connectivity index (χ4n) is 0.867. The first kappa shape index (κ1) is 5.92. The van der Waals surface area contributed by atoms with Gasteiger partial charge in [0.2, 0.25) is 0 Å². The molecule has 0 saturated heterocycles. The molecule has 0 aromatic rings. The molecule has 0 unspecified atom stereocenters. The second-order valence-corrected chi connectivity index (χ2v) is 3.03. The van der Waals surface area contributed by atoms with E-state index in [1.807, 2.05) is 6.20 Å². The lowest BCUT2D eigenvalue weighted by Crippen LogP contribution is -1.73. The highest BCUT2D eigenvalue weighted by atomic mass is 32.2. The molecule has 0 N–H and O–H groups in total. The number of fused-ring (bicyclic) bond motifs is 1. The summed E-state index contributed by atoms with van der Waals surface area (Å²) >= 11 is 1.78. The molecule has 2 aliphatic rings. The molecule has 0 atom stereocenters. The fraction of sp³-hybridized carbons (Fsp3) is 0.143. The molecule has 10 heavy (non-hydrogen) atoms. The van der Waals surface area contributed by atoms with Crippen LogP contribution in [0.4, 0.5) is 0 Å². The number of hydrogen-bond acceptors (Lipinski definition) is 3. The van der Waals surface area contributed by atoms with Gasteiger partial charge in [-0.2, -0.15) is 0 Å². The lowest BCUT2D eigenvalue weighted by Gasteiger charge is -1.91. The van der Waals surface area contributed by atoms with Crippen molar-refractivity contribution in [2.75, 3.05) is 5.75 Å². The van der Waals surface area contributed by atoms with Gasteiger partial charge >= 0.3 is 0 Å². The van der Waals surface area contributed by atoms with Crippen LogP contribution >= 0.6 is 11.8 Å². The number of aliphatic imine (C=N–C) groups is 2. The van der Waals surface area contributed by atoms with Crippen molar-refractivity contribution in [1.29, 1.82) is 0 Å². The van der Waals surface area contributed by atoms with Crippen LogP contribution in [0.1, 0.15) is 0 Å². The second kappa shape index (κ2) is 2.42. The van der Waals surface area contributed by atoms with Crippen molar-refractivity contribution in [2.24, 2.45) is 9.98 Å². The number of rotatable bonds is 0. The smallest absolute Gasteiger partial charge is 0.0750 e. The van der Waals surface area contributed by atoms with E-state index < -0.39 is 0 Å². The molecule has 0 aromatic heterocycles. The average Bonchev–Trinajstić information content (AvgIpc) is 2.28. The van der Waals surface area contributed by atoms with Crippen molar-refractivity contribution in [3.05, 3.63) is 22.9 Å². The van der Waals surface area contributed by atoms with E-state index in [2.05, 4.69) is 16.1 Å². The van der Waals surface area contributed by atoms with Gasteiger partial charge in [0.1, 0.15) is 0 Å². The van der Waals surface area contributed by atoms with Crippen molar-refractivity contribution in [1.82, 2.24) is 0 Å². The highest BCUT2D eigenvalue weighted by Crippen LogP contribution is 2.31. The topological polar surface area (TPSA) is 24.7 Å². The van der Waals surface area contributed by atoms with Crippen LogP contribution in [-0.4, -0.2) is 18.2 Å². The first-order chi connectivity index (χ1) is 4.97. The van der Waals surface area contributed by atoms with E-state index in [9.17, 15) is 0 Å². The maximum absolute atomic E-state index is 4.18. The summed E-state index contributed by atoms with van der Waals surface area (Å²) < 4.78 is 0. The molecule has 0 fully saturated rings. The molecule has 2 aliphatic heterocycles. The van der Waals surface area contributed by atoms with Crippen LogP contribution in [0.3, 0.4) is 0 Å². The molecule has 0 amide bonds. The zero-order valence-corrected chi connectivity index (χ0v) is 6.14. The van der Waals surface area contributed by atoms with Gasteiger partial charge in [-0.05, 0) is 6.08 Å². The number of thioether (sulfide) groups is 1. The molecular formula is C7H6N2S. The molecular weight excluding hydrogens is 144 g/mol. The van der Waals surface area contributed by atoms with Crippen LogP contribution < -0.4 is 0 Å². The molecule has 2 nitrogen and oxygen atoms in total. The van der Waals surface area contributed by atoms with Crippen LogP contribution in [0.2, 0.25) is 0 Å². The SMILES string of the molecule is C1=NC=C2SCC=C2N=C1. The first-order valence-electron chi connectivity index (χ1n) is 3.06. The van der Waals surface area contributed by atoms with E-state index in [-0.39, 0.29) is 0 Å². The van der Waals surface area contributed by atoms with Gasteiger partial charge in [0, 0.05) is 24.4 Å². The van der Waals surface area contributed by atoms with Gasteiger partial charge in [0.05, 0.1) is 10.6 Å². The quantitative estimate of drug-likeness (QED) is 0.515. The molecule has 0 aliphatic carbocycles. The summed E-state index contributed by atoms with van der Waals surface area (Å²) in [4.78, 5) is 9.38. The standard InChI is InChI=1S/C7H6N2S/c1-4-10-7-5-8-2-3-9-6(1)7/h1-3,5H,4H2. The monoisotopic (exact) mass is 150 g/mol. The van der Waals surface area contributed by atoms with Crippen molar-refractivity contribution >= 4 is 24.2 Å². The van der Waals surface area contributed by atoms with Gasteiger partial charge in [-0.25, -0.2) is 0 Å². The minimum absolute atomic E-state index is 1.04. The molecule has 2 rings (SSSR count). The Morgan fingerprint density at radius 3 is 3.40 bits per heavy atom. The summed E-state index contributed by atoms with van der Waals surface area (Å²) in [5.74, 6) is 1.04. The maximum Gasteiger partial charge on any atom is 0.0750 e. The molecule has 0 spiro atoms. The van der Waals surface area contributed by atoms with E-state index >= 15 is 0 Å². The summed E-state index contributed by atoms with van der Waals surface area (Å²) in [5, 5.41) is 0. The summed E-state index contributed by atoms with van der Waals surface area (Å²) in [6.45, 7) is 0. The minimum atomic E-state index is 1.04. The summed E-state index contributed by atoms with van der Waals surface area (Å²) in [7, 11) is 0. The Kier molecular flexibility index (Phi) is 1.43. The van der Waals surface area contributed by atoms with Gasteiger partial charge in [0.15, 0.2) is 0 Å². The summed E-state index contributed by atoms with van der Waals surface area (Å²) in [6.07, 6.45) is 7.39. The summed E-state index contributed by atoms with van der Waals surface area (Å²) in [5.41, 5.74) is 1.07. The van der Waals surface area contributed by atoms with E-state index in [1.165, 1.54) is 4.91 Å². The van der Waals surface area contributed by atoms with Crippen LogP contribution in [-0.2, 0) is 0 Å². The van der Waals surface area contributed by atoms with Crippen LogP contribution in [0.25, 0.3) is 0 Å². The average molecular weight is 150 g/mol. The van der Waals surface area contributed by atoms with Crippen molar-refractivity contribution < 1.29 is 0 Å². The van der Waals surface area contributed by atoms with E-state index in [1.54, 1.807) is 24.2 Å². The van der Waals surface area contributed by atoms with Gasteiger partial charge in [-0.3, -0.25) is 9.98 Å². The van der Waals surface area contributed by atoms with Gasteiger partial charge in [0.25, 0.3) is 0 Å². The fourth-order valence-corrected chi connectivity index (χ4v) is 1.71. The van der Waals surface area contributed by atoms with Gasteiger partial charge in [-0.1, -0.05) is 0 Å². The molecule has 2 heterocycles. The predicted octanol–water partition coefficient (Wildman–Crippen LogP) is 1.61. The Bertz CT molecular complexity index is 261. The Hall–Kier alpha value is -0.830. The van der Waals surface area contributed by atoms with Gasteiger partial charge < -0.3 is 0 Å². The molecule has 50 valence electrons. The highest BCUT2D eigenvalue weighted by Gasteiger charge is 2.10. The lowest BCUT2D eigenvalue weighted by atomic mass is 10.4. The Balaban J connectivity index is 2.42. The maximum atomic E-state index is 4.18. The highest BCUT2D eigenvalue weighted by molar-refractivity contribution is 8.03. The Morgan fingerprint density at radius 1 is 1.40 bits per heavy atom. The molecule has 0 bridgehead atoms. The first-order valence-corrected chi connectivity index (χ1v) is 4.05. The van der Waals surface area contributed by atoms with Crippen molar-refractivity contribution in [2.45, 2.75) is 0 Å². The normalized spacial score (nSPS) is 21.6. The van der Waals surface area contributed by atoms with E-state index in [4.69, 9.17) is 0 Å². The van der Waals surface area contributed by atoms with Crippen LogP contribution in [0.5, 0.6) is 0 Å². The van der Waals surface area contributed by atoms with Crippen molar-refractivity contribution in [3.63, 3.8) is 0 Å². The van der Waals surface area contributed by atoms with E-state index in [0.29, 0.717) is 0 Å². The zero-order valence-electron chi connectivity index (χ0n) is 5.32. The third kappa shape index (κ3) is 0.926. The third-order valence-electron chi connectivity index (χ3n) is 1.33. The molecule has 0 saturated carbocycles. The summed E-state index contributed by atoms with van der Waals surface area (Å²) in [6, 6.07) is 0. The van der Waals surface area contributed by atoms with Gasteiger partial charge in [-0.15, -0.1) is 11.8 Å². The zero-order chi connectivity index (χ0) is 6.81. The Morgan fingerprint density at radius 2 is 2.40 bits per heavy atom. The number of hydrogen-bond donors (Lipinski definition) is 0. The van der Waals surface area contributed by atoms with Crippen LogP contribution in [0.15, 0.2) is 32.9 Å². The lowest BCUT2D eigenvalue weighted by molar-refractivity contribution is 1.41. The van der Waals surface area contributed by atoms with E-state index in [0.717, 1.165) is 11.4 Å². The molecule has 0 radical (unpaired) electrons. The third-order valence-corrected chi connectivity index (χ3v) is 2.28. The molecule has 3 heteroatoms. The number of nitrogens with zero attached hydrogens (tertiary/aromatic N) is 2. The Labute approximate surface area is 63.5 Å². The molecule has 0 aromatic carbocycles.